The molecule has 1 heterocycles. The van der Waals surface area contributed by atoms with Gasteiger partial charge in [0.05, 0.1) is 7.11 Å². The highest BCUT2D eigenvalue weighted by atomic mass is 35.5. The molecule has 1 aromatic rings. The smallest absolute Gasteiger partial charge is 0.169 e. The Morgan fingerprint density at radius 2 is 2.21 bits per heavy atom. The molecule has 1 aliphatic rings. The normalized spacial score (nSPS) is 21.1. The molecular formula is C15H21ClFNO. The van der Waals surface area contributed by atoms with Crippen LogP contribution in [0.5, 0.6) is 5.75 Å². The van der Waals surface area contributed by atoms with Gasteiger partial charge in [-0.15, -0.1) is 11.6 Å². The van der Waals surface area contributed by atoms with Gasteiger partial charge in [0.25, 0.3) is 0 Å². The maximum Gasteiger partial charge on any atom is 0.169 e. The van der Waals surface area contributed by atoms with Gasteiger partial charge in [-0.3, -0.25) is 4.90 Å². The molecule has 1 aliphatic heterocycles. The van der Waals surface area contributed by atoms with E-state index in [1.165, 1.54) is 26.4 Å². The largest absolute Gasteiger partial charge is 0.494 e. The Labute approximate surface area is 119 Å². The Morgan fingerprint density at radius 1 is 1.37 bits per heavy atom. The predicted molar refractivity (Wildman–Crippen MR) is 76.3 cm³/mol. The monoisotopic (exact) mass is 285 g/mol. The molecular weight excluding hydrogens is 265 g/mol. The molecule has 0 bridgehead atoms. The number of nitrogens with zero attached hydrogens (tertiary/aromatic N) is 1. The Morgan fingerprint density at radius 3 is 2.95 bits per heavy atom. The maximum absolute atomic E-state index is 14.2. The Bertz CT molecular complexity index is 413. The van der Waals surface area contributed by atoms with Gasteiger partial charge < -0.3 is 4.74 Å². The van der Waals surface area contributed by atoms with Crippen LogP contribution in [0.1, 0.15) is 31.2 Å². The van der Waals surface area contributed by atoms with Crippen LogP contribution in [-0.2, 0) is 6.54 Å². The zero-order chi connectivity index (χ0) is 13.7. The Kier molecular flexibility index (Phi) is 5.46. The molecule has 2 rings (SSSR count). The Hall–Kier alpha value is -0.800. The lowest BCUT2D eigenvalue weighted by Crippen LogP contribution is -2.35. The van der Waals surface area contributed by atoms with Crippen molar-refractivity contribution in [2.24, 2.45) is 0 Å². The van der Waals surface area contributed by atoms with Crippen LogP contribution in [0.4, 0.5) is 4.39 Å². The number of ether oxygens (including phenoxy) is 1. The van der Waals surface area contributed by atoms with Gasteiger partial charge >= 0.3 is 0 Å². The first-order valence-electron chi connectivity index (χ1n) is 6.87. The van der Waals surface area contributed by atoms with E-state index in [1.54, 1.807) is 6.07 Å². The standard InChI is InChI=1S/C15H21ClFNO/c1-19-14-8-5-6-12(15(14)17)11-18-9-4-2-3-7-13(18)10-16/h5-6,8,13H,2-4,7,9-11H2,1H3. The number of likely N-dealkylation sites (tertiary alicyclic amines) is 1. The molecule has 1 fully saturated rings. The lowest BCUT2D eigenvalue weighted by molar-refractivity contribution is 0.204. The van der Waals surface area contributed by atoms with Gasteiger partial charge in [0.15, 0.2) is 11.6 Å². The van der Waals surface area contributed by atoms with Crippen LogP contribution in [0.3, 0.4) is 0 Å². The Balaban J connectivity index is 2.14. The van der Waals surface area contributed by atoms with Crippen molar-refractivity contribution in [1.82, 2.24) is 4.90 Å². The average molecular weight is 286 g/mol. The lowest BCUT2D eigenvalue weighted by atomic mass is 10.1. The molecule has 2 nitrogen and oxygen atoms in total. The molecule has 0 saturated carbocycles. The summed E-state index contributed by atoms with van der Waals surface area (Å²) in [4.78, 5) is 2.30. The fourth-order valence-electron chi connectivity index (χ4n) is 2.67. The molecule has 1 aromatic carbocycles. The quantitative estimate of drug-likeness (QED) is 0.780. The lowest BCUT2D eigenvalue weighted by Gasteiger charge is -2.28. The van der Waals surface area contributed by atoms with E-state index < -0.39 is 0 Å². The van der Waals surface area contributed by atoms with Crippen molar-refractivity contribution >= 4 is 11.6 Å². The second-order valence-electron chi connectivity index (χ2n) is 5.06. The van der Waals surface area contributed by atoms with Gasteiger partial charge in [-0.2, -0.15) is 0 Å². The van der Waals surface area contributed by atoms with Crippen molar-refractivity contribution < 1.29 is 9.13 Å². The van der Waals surface area contributed by atoms with E-state index in [1.807, 2.05) is 12.1 Å². The third kappa shape index (κ3) is 3.61. The van der Waals surface area contributed by atoms with Crippen molar-refractivity contribution in [2.75, 3.05) is 19.5 Å². The average Bonchev–Trinajstić information content (AvgIpc) is 2.66. The number of benzene rings is 1. The zero-order valence-corrected chi connectivity index (χ0v) is 12.1. The van der Waals surface area contributed by atoms with Crippen LogP contribution >= 0.6 is 11.6 Å². The van der Waals surface area contributed by atoms with Crippen LogP contribution in [0.25, 0.3) is 0 Å². The summed E-state index contributed by atoms with van der Waals surface area (Å²) in [5.41, 5.74) is 0.691. The van der Waals surface area contributed by atoms with Crippen molar-refractivity contribution in [3.05, 3.63) is 29.6 Å². The summed E-state index contributed by atoms with van der Waals surface area (Å²) in [6.45, 7) is 1.61. The van der Waals surface area contributed by atoms with E-state index in [-0.39, 0.29) is 5.82 Å². The first kappa shape index (κ1) is 14.6. The third-order valence-electron chi connectivity index (χ3n) is 3.81. The van der Waals surface area contributed by atoms with Gasteiger partial charge in [0.2, 0.25) is 0 Å². The number of hydrogen-bond donors (Lipinski definition) is 0. The van der Waals surface area contributed by atoms with E-state index in [0.717, 1.165) is 13.0 Å². The fourth-order valence-corrected chi connectivity index (χ4v) is 3.02. The highest BCUT2D eigenvalue weighted by Gasteiger charge is 2.21. The number of rotatable bonds is 4. The second-order valence-corrected chi connectivity index (χ2v) is 5.37. The molecule has 4 heteroatoms. The minimum atomic E-state index is -0.248. The van der Waals surface area contributed by atoms with Crippen molar-refractivity contribution in [2.45, 2.75) is 38.3 Å². The number of methoxy groups -OCH3 is 1. The van der Waals surface area contributed by atoms with Crippen LogP contribution in [0, 0.1) is 5.82 Å². The number of alkyl halides is 1. The summed E-state index contributed by atoms with van der Waals surface area (Å²) >= 11 is 6.05. The molecule has 106 valence electrons. The molecule has 0 radical (unpaired) electrons. The number of halogens is 2. The summed E-state index contributed by atoms with van der Waals surface area (Å²) in [6.07, 6.45) is 4.73. The van der Waals surface area contributed by atoms with E-state index in [2.05, 4.69) is 4.90 Å². The molecule has 1 atom stereocenters. The molecule has 0 N–H and O–H groups in total. The summed E-state index contributed by atoms with van der Waals surface area (Å²) < 4.78 is 19.2. The predicted octanol–water partition coefficient (Wildman–Crippen LogP) is 3.82. The summed E-state index contributed by atoms with van der Waals surface area (Å²) in [5.74, 6) is 0.684. The van der Waals surface area contributed by atoms with Crippen LogP contribution < -0.4 is 4.74 Å². The highest BCUT2D eigenvalue weighted by Crippen LogP contribution is 2.24. The van der Waals surface area contributed by atoms with Crippen molar-refractivity contribution in [1.29, 1.82) is 0 Å². The first-order chi connectivity index (χ1) is 9.26. The minimum absolute atomic E-state index is 0.248. The van der Waals surface area contributed by atoms with Crippen LogP contribution in [0.2, 0.25) is 0 Å². The van der Waals surface area contributed by atoms with E-state index in [0.29, 0.717) is 29.8 Å². The molecule has 19 heavy (non-hydrogen) atoms. The maximum atomic E-state index is 14.2. The minimum Gasteiger partial charge on any atom is -0.494 e. The fraction of sp³-hybridized carbons (Fsp3) is 0.600. The van der Waals surface area contributed by atoms with Gasteiger partial charge in [0.1, 0.15) is 0 Å². The SMILES string of the molecule is COc1cccc(CN2CCCCCC2CCl)c1F. The van der Waals surface area contributed by atoms with Crippen LogP contribution in [-0.4, -0.2) is 30.5 Å². The van der Waals surface area contributed by atoms with Crippen molar-refractivity contribution in [3.63, 3.8) is 0 Å². The van der Waals surface area contributed by atoms with E-state index >= 15 is 0 Å². The summed E-state index contributed by atoms with van der Waals surface area (Å²) in [5, 5.41) is 0. The topological polar surface area (TPSA) is 12.5 Å². The molecule has 0 aromatic heterocycles. The van der Waals surface area contributed by atoms with Gasteiger partial charge in [0, 0.05) is 24.0 Å². The van der Waals surface area contributed by atoms with Gasteiger partial charge in [-0.1, -0.05) is 25.0 Å². The molecule has 0 spiro atoms. The first-order valence-corrected chi connectivity index (χ1v) is 7.41. The zero-order valence-electron chi connectivity index (χ0n) is 11.4. The summed E-state index contributed by atoms with van der Waals surface area (Å²) in [7, 11) is 1.50. The second kappa shape index (κ2) is 7.11. The van der Waals surface area contributed by atoms with Crippen LogP contribution in [0.15, 0.2) is 18.2 Å². The molecule has 0 amide bonds. The van der Waals surface area contributed by atoms with Gasteiger partial charge in [-0.05, 0) is 25.5 Å². The van der Waals surface area contributed by atoms with Crippen molar-refractivity contribution in [3.8, 4) is 5.75 Å². The van der Waals surface area contributed by atoms with E-state index in [4.69, 9.17) is 16.3 Å². The highest BCUT2D eigenvalue weighted by molar-refractivity contribution is 6.18. The molecule has 1 unspecified atom stereocenters. The molecule has 0 aliphatic carbocycles. The third-order valence-corrected chi connectivity index (χ3v) is 4.17. The number of hydrogen-bond acceptors (Lipinski definition) is 2. The van der Waals surface area contributed by atoms with Gasteiger partial charge in [-0.25, -0.2) is 4.39 Å². The molecule has 1 saturated heterocycles. The summed E-state index contributed by atoms with van der Waals surface area (Å²) in [6, 6.07) is 5.67. The van der Waals surface area contributed by atoms with E-state index in [9.17, 15) is 4.39 Å².